The van der Waals surface area contributed by atoms with E-state index < -0.39 is 5.91 Å². The van der Waals surface area contributed by atoms with Crippen molar-refractivity contribution in [2.75, 3.05) is 5.32 Å². The Balaban J connectivity index is 2.18. The molecule has 0 unspecified atom stereocenters. The summed E-state index contributed by atoms with van der Waals surface area (Å²) in [5.41, 5.74) is 0.107. The Morgan fingerprint density at radius 1 is 1.38 bits per heavy atom. The van der Waals surface area contributed by atoms with E-state index in [1.165, 1.54) is 23.5 Å². The zero-order valence-corrected chi connectivity index (χ0v) is 9.25. The molecule has 2 aromatic rings. The minimum absolute atomic E-state index is 0.107. The summed E-state index contributed by atoms with van der Waals surface area (Å²) < 4.78 is 0. The summed E-state index contributed by atoms with van der Waals surface area (Å²) in [6, 6.07) is 6.06. The molecule has 1 amide bonds. The molecule has 0 atom stereocenters. The van der Waals surface area contributed by atoms with Gasteiger partial charge in [-0.1, -0.05) is 41.4 Å². The quantitative estimate of drug-likeness (QED) is 0.846. The second-order valence-corrected chi connectivity index (χ2v) is 4.26. The third kappa shape index (κ3) is 2.17. The van der Waals surface area contributed by atoms with Crippen LogP contribution in [0.2, 0.25) is 0 Å². The van der Waals surface area contributed by atoms with Crippen LogP contribution >= 0.6 is 11.3 Å². The number of benzene rings is 1. The summed E-state index contributed by atoms with van der Waals surface area (Å²) in [5, 5.41) is 22.5. The third-order valence-electron chi connectivity index (χ3n) is 1.88. The molecule has 82 valence electrons. The normalized spacial score (nSPS) is 10.1. The minimum Gasteiger partial charge on any atom is -0.872 e. The van der Waals surface area contributed by atoms with Gasteiger partial charge in [0.25, 0.3) is 5.91 Å². The Morgan fingerprint density at radius 2 is 2.12 bits per heavy atom. The van der Waals surface area contributed by atoms with Crippen molar-refractivity contribution < 1.29 is 9.90 Å². The molecule has 1 N–H and O–H groups in total. The van der Waals surface area contributed by atoms with Crippen molar-refractivity contribution in [3.05, 3.63) is 34.8 Å². The molecule has 0 aliphatic rings. The lowest BCUT2D eigenvalue weighted by Gasteiger charge is -2.10. The van der Waals surface area contributed by atoms with E-state index in [0.29, 0.717) is 5.13 Å². The number of nitrogens with one attached hydrogen (secondary N) is 1. The lowest BCUT2D eigenvalue weighted by molar-refractivity contribution is -0.268. The summed E-state index contributed by atoms with van der Waals surface area (Å²) >= 11 is 1.26. The van der Waals surface area contributed by atoms with Crippen molar-refractivity contribution in [2.24, 2.45) is 0 Å². The maximum atomic E-state index is 11.7. The summed E-state index contributed by atoms with van der Waals surface area (Å²) in [4.78, 5) is 11.7. The largest absolute Gasteiger partial charge is 0.872 e. The van der Waals surface area contributed by atoms with Crippen LogP contribution in [-0.2, 0) is 0 Å². The first-order valence-corrected chi connectivity index (χ1v) is 5.36. The molecule has 0 bridgehead atoms. The van der Waals surface area contributed by atoms with Gasteiger partial charge < -0.3 is 5.11 Å². The number of hydrogen-bond donors (Lipinski definition) is 1. The van der Waals surface area contributed by atoms with E-state index in [9.17, 15) is 9.90 Å². The average Bonchev–Trinajstić information content (AvgIpc) is 2.64. The van der Waals surface area contributed by atoms with E-state index >= 15 is 0 Å². The molecule has 1 aromatic heterocycles. The molecular formula is C10H8N3O2S-. The fraction of sp³-hybridized carbons (Fsp3) is 0.100. The molecule has 16 heavy (non-hydrogen) atoms. The Hall–Kier alpha value is -1.95. The van der Waals surface area contributed by atoms with Crippen LogP contribution in [-0.4, -0.2) is 16.1 Å². The van der Waals surface area contributed by atoms with E-state index in [1.54, 1.807) is 19.1 Å². The maximum Gasteiger partial charge on any atom is 0.256 e. The molecule has 5 nitrogen and oxygen atoms in total. The van der Waals surface area contributed by atoms with Crippen LogP contribution in [0.1, 0.15) is 15.4 Å². The van der Waals surface area contributed by atoms with E-state index in [1.807, 2.05) is 0 Å². The molecule has 0 radical (unpaired) electrons. The first-order chi connectivity index (χ1) is 7.66. The number of aryl methyl sites for hydroxylation is 1. The highest BCUT2D eigenvalue weighted by Crippen LogP contribution is 2.17. The van der Waals surface area contributed by atoms with Crippen molar-refractivity contribution in [1.29, 1.82) is 0 Å². The zero-order valence-electron chi connectivity index (χ0n) is 8.43. The fourth-order valence-electron chi connectivity index (χ4n) is 1.17. The number of rotatable bonds is 2. The number of amides is 1. The van der Waals surface area contributed by atoms with Crippen LogP contribution in [0.5, 0.6) is 5.75 Å². The van der Waals surface area contributed by atoms with Crippen molar-refractivity contribution in [1.82, 2.24) is 10.2 Å². The SMILES string of the molecule is Cc1nnc(NC(=O)c2ccccc2[O-])s1. The molecule has 1 aromatic carbocycles. The zero-order chi connectivity index (χ0) is 11.5. The van der Waals surface area contributed by atoms with Crippen molar-refractivity contribution in [2.45, 2.75) is 6.92 Å². The lowest BCUT2D eigenvalue weighted by Crippen LogP contribution is -2.14. The number of anilines is 1. The number of hydrogen-bond acceptors (Lipinski definition) is 5. The number of para-hydroxylation sites is 1. The van der Waals surface area contributed by atoms with Gasteiger partial charge in [-0.15, -0.1) is 10.2 Å². The number of carbonyl (C=O) groups excluding carboxylic acids is 1. The standard InChI is InChI=1S/C10H9N3O2S/c1-6-12-13-10(16-6)11-9(15)7-4-2-3-5-8(7)14/h2-5,14H,1H3,(H,11,13,15)/p-1. The lowest BCUT2D eigenvalue weighted by atomic mass is 10.2. The van der Waals surface area contributed by atoms with Crippen LogP contribution in [0.15, 0.2) is 24.3 Å². The predicted molar refractivity (Wildman–Crippen MR) is 58.5 cm³/mol. The Bertz CT molecular complexity index is 524. The smallest absolute Gasteiger partial charge is 0.256 e. The Labute approximate surface area is 95.8 Å². The van der Waals surface area contributed by atoms with Crippen LogP contribution in [0.25, 0.3) is 0 Å². The van der Waals surface area contributed by atoms with Gasteiger partial charge >= 0.3 is 0 Å². The summed E-state index contributed by atoms with van der Waals surface area (Å²) in [5.74, 6) is -0.761. The van der Waals surface area contributed by atoms with E-state index in [4.69, 9.17) is 0 Å². The van der Waals surface area contributed by atoms with Gasteiger partial charge in [0.15, 0.2) is 0 Å². The highest BCUT2D eigenvalue weighted by Gasteiger charge is 2.08. The van der Waals surface area contributed by atoms with Crippen molar-refractivity contribution in [3.63, 3.8) is 0 Å². The Kier molecular flexibility index (Phi) is 2.82. The maximum absolute atomic E-state index is 11.7. The second-order valence-electron chi connectivity index (χ2n) is 3.08. The highest BCUT2D eigenvalue weighted by molar-refractivity contribution is 7.15. The first kappa shape index (κ1) is 10.6. The van der Waals surface area contributed by atoms with Gasteiger partial charge in [-0.25, -0.2) is 0 Å². The fourth-order valence-corrected chi connectivity index (χ4v) is 1.75. The van der Waals surface area contributed by atoms with Gasteiger partial charge in [-0.3, -0.25) is 10.1 Å². The van der Waals surface area contributed by atoms with Gasteiger partial charge in [0.2, 0.25) is 5.13 Å². The van der Waals surface area contributed by atoms with Gasteiger partial charge in [0.05, 0.1) is 0 Å². The number of nitrogens with zero attached hydrogens (tertiary/aromatic N) is 2. The topological polar surface area (TPSA) is 77.9 Å². The average molecular weight is 234 g/mol. The molecule has 0 spiro atoms. The van der Waals surface area contributed by atoms with E-state index in [2.05, 4.69) is 15.5 Å². The Morgan fingerprint density at radius 3 is 2.75 bits per heavy atom. The van der Waals surface area contributed by atoms with E-state index in [0.717, 1.165) is 5.01 Å². The van der Waals surface area contributed by atoms with Crippen molar-refractivity contribution in [3.8, 4) is 5.75 Å². The molecule has 1 heterocycles. The first-order valence-electron chi connectivity index (χ1n) is 4.54. The van der Waals surface area contributed by atoms with Gasteiger partial charge in [-0.05, 0) is 6.92 Å². The third-order valence-corrected chi connectivity index (χ3v) is 2.63. The molecule has 0 aliphatic heterocycles. The van der Waals surface area contributed by atoms with Crippen LogP contribution in [0.3, 0.4) is 0 Å². The summed E-state index contributed by atoms with van der Waals surface area (Å²) in [6.45, 7) is 1.79. The van der Waals surface area contributed by atoms with Gasteiger partial charge in [0.1, 0.15) is 5.01 Å². The molecule has 0 aliphatic carbocycles. The predicted octanol–water partition coefficient (Wildman–Crippen LogP) is 1.17. The molecule has 6 heteroatoms. The molecule has 0 saturated carbocycles. The van der Waals surface area contributed by atoms with Crippen LogP contribution < -0.4 is 10.4 Å². The van der Waals surface area contributed by atoms with E-state index in [-0.39, 0.29) is 11.3 Å². The van der Waals surface area contributed by atoms with Crippen molar-refractivity contribution >= 4 is 22.4 Å². The molecular weight excluding hydrogens is 226 g/mol. The van der Waals surface area contributed by atoms with Gasteiger partial charge in [-0.2, -0.15) is 0 Å². The molecule has 0 fully saturated rings. The molecule has 2 rings (SSSR count). The van der Waals surface area contributed by atoms with Gasteiger partial charge in [0, 0.05) is 5.56 Å². The highest BCUT2D eigenvalue weighted by atomic mass is 32.1. The number of aromatic nitrogens is 2. The second kappa shape index (κ2) is 4.28. The van der Waals surface area contributed by atoms with Crippen LogP contribution in [0, 0.1) is 6.92 Å². The molecule has 0 saturated heterocycles. The monoisotopic (exact) mass is 234 g/mol. The number of carbonyl (C=O) groups is 1. The summed E-state index contributed by atoms with van der Waals surface area (Å²) in [7, 11) is 0. The summed E-state index contributed by atoms with van der Waals surface area (Å²) in [6.07, 6.45) is 0. The van der Waals surface area contributed by atoms with Crippen LogP contribution in [0.4, 0.5) is 5.13 Å². The minimum atomic E-state index is -0.457.